The second kappa shape index (κ2) is 6.08. The van der Waals surface area contributed by atoms with Crippen LogP contribution in [0.15, 0.2) is 30.5 Å². The van der Waals surface area contributed by atoms with E-state index in [0.29, 0.717) is 6.04 Å². The van der Waals surface area contributed by atoms with Gasteiger partial charge in [-0.15, -0.1) is 12.4 Å². The first-order valence-corrected chi connectivity index (χ1v) is 6.27. The number of ether oxygens (including phenoxy) is 1. The van der Waals surface area contributed by atoms with E-state index in [9.17, 15) is 0 Å². The Bertz CT molecular complexity index is 555. The fourth-order valence-electron chi connectivity index (χ4n) is 2.39. The molecule has 0 saturated carbocycles. The van der Waals surface area contributed by atoms with Crippen LogP contribution >= 0.6 is 12.4 Å². The minimum atomic E-state index is 0. The number of methoxy groups -OCH3 is 1. The normalized spacial score (nSPS) is 18.1. The fourth-order valence-corrected chi connectivity index (χ4v) is 2.39. The standard InChI is InChI=1S/C14H17N3O.ClH/c1-18-11-7-13-12(3-2-5-16-13)14(8-11)17-10-4-6-15-9-10;/h2-3,5,7-8,10,15,17H,4,6,9H2,1H3;1H/t10-;/m1./s1. The predicted octanol–water partition coefficient (Wildman–Crippen LogP) is 2.44. The Morgan fingerprint density at radius 3 is 3.05 bits per heavy atom. The van der Waals surface area contributed by atoms with E-state index >= 15 is 0 Å². The number of hydrogen-bond acceptors (Lipinski definition) is 4. The minimum Gasteiger partial charge on any atom is -0.497 e. The van der Waals surface area contributed by atoms with Crippen molar-refractivity contribution in [2.75, 3.05) is 25.5 Å². The number of pyridine rings is 1. The van der Waals surface area contributed by atoms with Crippen molar-refractivity contribution in [3.05, 3.63) is 30.5 Å². The summed E-state index contributed by atoms with van der Waals surface area (Å²) in [5.41, 5.74) is 2.07. The van der Waals surface area contributed by atoms with Gasteiger partial charge < -0.3 is 15.4 Å². The molecule has 0 amide bonds. The maximum absolute atomic E-state index is 5.33. The first-order chi connectivity index (χ1) is 8.86. The van der Waals surface area contributed by atoms with Crippen LogP contribution in [0.2, 0.25) is 0 Å². The number of anilines is 1. The molecule has 4 nitrogen and oxygen atoms in total. The maximum Gasteiger partial charge on any atom is 0.123 e. The molecule has 1 saturated heterocycles. The molecule has 2 heterocycles. The summed E-state index contributed by atoms with van der Waals surface area (Å²) < 4.78 is 5.33. The Labute approximate surface area is 119 Å². The van der Waals surface area contributed by atoms with Crippen molar-refractivity contribution in [3.8, 4) is 5.75 Å². The molecule has 1 aliphatic rings. The van der Waals surface area contributed by atoms with E-state index in [1.54, 1.807) is 7.11 Å². The van der Waals surface area contributed by atoms with Crippen LogP contribution in [0.3, 0.4) is 0 Å². The number of rotatable bonds is 3. The van der Waals surface area contributed by atoms with Crippen LogP contribution in [-0.4, -0.2) is 31.2 Å². The number of aromatic nitrogens is 1. The average Bonchev–Trinajstić information content (AvgIpc) is 2.91. The van der Waals surface area contributed by atoms with Gasteiger partial charge in [0.05, 0.1) is 12.6 Å². The lowest BCUT2D eigenvalue weighted by Gasteiger charge is -2.16. The fraction of sp³-hybridized carbons (Fsp3) is 0.357. The van der Waals surface area contributed by atoms with Crippen LogP contribution in [0.1, 0.15) is 6.42 Å². The largest absolute Gasteiger partial charge is 0.497 e. The monoisotopic (exact) mass is 279 g/mol. The highest BCUT2D eigenvalue weighted by molar-refractivity contribution is 5.92. The Balaban J connectivity index is 0.00000133. The lowest BCUT2D eigenvalue weighted by molar-refractivity contribution is 0.415. The molecule has 0 unspecified atom stereocenters. The summed E-state index contributed by atoms with van der Waals surface area (Å²) in [5, 5.41) is 8.08. The number of fused-ring (bicyclic) bond motifs is 1. The molecule has 1 fully saturated rings. The Morgan fingerprint density at radius 1 is 1.42 bits per heavy atom. The first kappa shape index (κ1) is 13.9. The van der Waals surface area contributed by atoms with Gasteiger partial charge in [-0.1, -0.05) is 0 Å². The third-order valence-electron chi connectivity index (χ3n) is 3.35. The molecule has 102 valence electrons. The molecule has 0 aliphatic carbocycles. The van der Waals surface area contributed by atoms with Gasteiger partial charge in [0.2, 0.25) is 0 Å². The quantitative estimate of drug-likeness (QED) is 0.906. The van der Waals surface area contributed by atoms with Gasteiger partial charge in [0.1, 0.15) is 5.75 Å². The smallest absolute Gasteiger partial charge is 0.123 e. The average molecular weight is 280 g/mol. The van der Waals surface area contributed by atoms with E-state index in [0.717, 1.165) is 41.9 Å². The van der Waals surface area contributed by atoms with Gasteiger partial charge in [0.25, 0.3) is 0 Å². The van der Waals surface area contributed by atoms with E-state index in [1.165, 1.54) is 0 Å². The van der Waals surface area contributed by atoms with E-state index < -0.39 is 0 Å². The van der Waals surface area contributed by atoms with Crippen molar-refractivity contribution in [2.24, 2.45) is 0 Å². The molecule has 1 atom stereocenters. The van der Waals surface area contributed by atoms with Crippen molar-refractivity contribution < 1.29 is 4.74 Å². The lowest BCUT2D eigenvalue weighted by atomic mass is 10.1. The van der Waals surface area contributed by atoms with Crippen molar-refractivity contribution in [1.82, 2.24) is 10.3 Å². The molecule has 0 radical (unpaired) electrons. The second-order valence-corrected chi connectivity index (χ2v) is 4.58. The topological polar surface area (TPSA) is 46.2 Å². The van der Waals surface area contributed by atoms with E-state index in [4.69, 9.17) is 4.74 Å². The third kappa shape index (κ3) is 2.91. The summed E-state index contributed by atoms with van der Waals surface area (Å²) in [7, 11) is 1.69. The van der Waals surface area contributed by atoms with E-state index in [-0.39, 0.29) is 12.4 Å². The number of halogens is 1. The summed E-state index contributed by atoms with van der Waals surface area (Å²) in [6, 6.07) is 8.55. The second-order valence-electron chi connectivity index (χ2n) is 4.58. The molecule has 3 rings (SSSR count). The Morgan fingerprint density at radius 2 is 2.32 bits per heavy atom. The zero-order valence-electron chi connectivity index (χ0n) is 10.8. The summed E-state index contributed by atoms with van der Waals surface area (Å²) in [5.74, 6) is 0.842. The highest BCUT2D eigenvalue weighted by Crippen LogP contribution is 2.28. The van der Waals surface area contributed by atoms with Gasteiger partial charge in [0, 0.05) is 42.0 Å². The number of nitrogens with zero attached hydrogens (tertiary/aromatic N) is 1. The van der Waals surface area contributed by atoms with Gasteiger partial charge in [-0.3, -0.25) is 4.98 Å². The number of hydrogen-bond donors (Lipinski definition) is 2. The minimum absolute atomic E-state index is 0. The van der Waals surface area contributed by atoms with Crippen molar-refractivity contribution in [2.45, 2.75) is 12.5 Å². The first-order valence-electron chi connectivity index (χ1n) is 6.27. The number of benzene rings is 1. The van der Waals surface area contributed by atoms with E-state index in [1.807, 2.05) is 24.4 Å². The molecule has 19 heavy (non-hydrogen) atoms. The van der Waals surface area contributed by atoms with Gasteiger partial charge in [0.15, 0.2) is 0 Å². The highest BCUT2D eigenvalue weighted by Gasteiger charge is 2.15. The van der Waals surface area contributed by atoms with E-state index in [2.05, 4.69) is 21.7 Å². The molecule has 0 bridgehead atoms. The van der Waals surface area contributed by atoms with Gasteiger partial charge >= 0.3 is 0 Å². The van der Waals surface area contributed by atoms with Crippen LogP contribution in [0, 0.1) is 0 Å². The molecule has 2 N–H and O–H groups in total. The summed E-state index contributed by atoms with van der Waals surface area (Å²) in [6.45, 7) is 2.09. The lowest BCUT2D eigenvalue weighted by Crippen LogP contribution is -2.22. The van der Waals surface area contributed by atoms with Gasteiger partial charge in [-0.25, -0.2) is 0 Å². The van der Waals surface area contributed by atoms with Gasteiger partial charge in [-0.2, -0.15) is 0 Å². The molecule has 2 aromatic rings. The molecule has 1 aromatic carbocycles. The maximum atomic E-state index is 5.33. The summed E-state index contributed by atoms with van der Waals surface area (Å²) in [6.07, 6.45) is 2.96. The molecule has 1 aromatic heterocycles. The Kier molecular flexibility index (Phi) is 4.45. The molecule has 1 aliphatic heterocycles. The van der Waals surface area contributed by atoms with Crippen LogP contribution in [0.5, 0.6) is 5.75 Å². The van der Waals surface area contributed by atoms with Crippen LogP contribution in [-0.2, 0) is 0 Å². The molecular formula is C14H18ClN3O. The molecule has 5 heteroatoms. The third-order valence-corrected chi connectivity index (χ3v) is 3.35. The predicted molar refractivity (Wildman–Crippen MR) is 80.4 cm³/mol. The van der Waals surface area contributed by atoms with Gasteiger partial charge in [-0.05, 0) is 25.1 Å². The highest BCUT2D eigenvalue weighted by atomic mass is 35.5. The van der Waals surface area contributed by atoms with Crippen LogP contribution in [0.25, 0.3) is 10.9 Å². The SMILES string of the molecule is COc1cc(N[C@@H]2CCNC2)c2cccnc2c1.Cl. The van der Waals surface area contributed by atoms with Crippen LogP contribution < -0.4 is 15.4 Å². The van der Waals surface area contributed by atoms with Crippen molar-refractivity contribution >= 4 is 29.0 Å². The van der Waals surface area contributed by atoms with Crippen molar-refractivity contribution in [3.63, 3.8) is 0 Å². The molecule has 0 spiro atoms. The molecular weight excluding hydrogens is 262 g/mol. The number of nitrogens with one attached hydrogen (secondary N) is 2. The van der Waals surface area contributed by atoms with Crippen molar-refractivity contribution in [1.29, 1.82) is 0 Å². The summed E-state index contributed by atoms with van der Waals surface area (Å²) in [4.78, 5) is 4.39. The zero-order valence-corrected chi connectivity index (χ0v) is 11.7. The summed E-state index contributed by atoms with van der Waals surface area (Å²) >= 11 is 0. The Hall–Kier alpha value is -1.52. The zero-order chi connectivity index (χ0) is 12.4. The van der Waals surface area contributed by atoms with Crippen LogP contribution in [0.4, 0.5) is 5.69 Å².